The van der Waals surface area contributed by atoms with Crippen molar-refractivity contribution in [2.75, 3.05) is 13.1 Å². The minimum atomic E-state index is -0.813. The fourth-order valence-electron chi connectivity index (χ4n) is 3.20. The molecule has 1 saturated heterocycles. The molecule has 6 nitrogen and oxygen atoms in total. The second-order valence-electron chi connectivity index (χ2n) is 6.02. The number of amides is 1. The van der Waals surface area contributed by atoms with Gasteiger partial charge in [0.2, 0.25) is 0 Å². The van der Waals surface area contributed by atoms with Crippen LogP contribution in [0.25, 0.3) is 11.0 Å². The zero-order valence-corrected chi connectivity index (χ0v) is 13.0. The summed E-state index contributed by atoms with van der Waals surface area (Å²) < 4.78 is 7.35. The molecule has 0 spiro atoms. The van der Waals surface area contributed by atoms with Crippen molar-refractivity contribution in [3.05, 3.63) is 24.0 Å². The second-order valence-corrected chi connectivity index (χ2v) is 6.02. The van der Waals surface area contributed by atoms with Crippen LogP contribution in [0, 0.1) is 0 Å². The van der Waals surface area contributed by atoms with E-state index >= 15 is 0 Å². The van der Waals surface area contributed by atoms with Crippen LogP contribution in [0.5, 0.6) is 5.75 Å². The zero-order chi connectivity index (χ0) is 15.7. The first-order valence-corrected chi connectivity index (χ1v) is 7.76. The van der Waals surface area contributed by atoms with Crippen LogP contribution >= 0.6 is 0 Å². The number of imidazole rings is 1. The number of nitrogens with zero attached hydrogens (tertiary/aromatic N) is 2. The van der Waals surface area contributed by atoms with Crippen molar-refractivity contribution in [1.29, 1.82) is 0 Å². The molecule has 1 aromatic heterocycles. The van der Waals surface area contributed by atoms with Crippen LogP contribution < -0.4 is 15.8 Å². The fraction of sp³-hybridized carbons (Fsp3) is 0.500. The van der Waals surface area contributed by atoms with Gasteiger partial charge in [-0.2, -0.15) is 0 Å². The van der Waals surface area contributed by atoms with E-state index in [-0.39, 0.29) is 6.04 Å². The lowest BCUT2D eigenvalue weighted by atomic mass is 9.98. The largest absolute Gasteiger partial charge is 0.410 e. The molecule has 0 aliphatic carbocycles. The average molecular weight is 302 g/mol. The number of carbonyl (C=O) groups excluding carboxylic acids is 1. The van der Waals surface area contributed by atoms with Crippen LogP contribution in [0.4, 0.5) is 4.79 Å². The minimum absolute atomic E-state index is 0.283. The number of piperidine rings is 1. The molecule has 1 aliphatic rings. The first-order chi connectivity index (χ1) is 10.6. The summed E-state index contributed by atoms with van der Waals surface area (Å²) in [6.07, 6.45) is 1.46. The number of fused-ring (bicyclic) bond motifs is 1. The van der Waals surface area contributed by atoms with E-state index in [9.17, 15) is 4.79 Å². The summed E-state index contributed by atoms with van der Waals surface area (Å²) in [4.78, 5) is 15.9. The van der Waals surface area contributed by atoms with Crippen LogP contribution in [0.15, 0.2) is 18.2 Å². The van der Waals surface area contributed by atoms with Crippen molar-refractivity contribution in [1.82, 2.24) is 14.9 Å². The topological polar surface area (TPSA) is 82.2 Å². The normalized spacial score (nSPS) is 18.8. The third-order valence-corrected chi connectivity index (χ3v) is 4.10. The standard InChI is InChI=1S/C16H22N4O2/c1-10(2)20-12-6-3-7-13(22-16(17)21)14(12)19-15(20)11-5-4-8-18-9-11/h3,6-7,10-11,18H,4-5,8-9H2,1-2H3,(H2,17,21). The van der Waals surface area contributed by atoms with Crippen LogP contribution in [-0.2, 0) is 0 Å². The van der Waals surface area contributed by atoms with Crippen molar-refractivity contribution in [2.45, 2.75) is 38.6 Å². The average Bonchev–Trinajstić information content (AvgIpc) is 2.88. The highest BCUT2D eigenvalue weighted by molar-refractivity contribution is 5.85. The second kappa shape index (κ2) is 5.96. The number of hydrogen-bond donors (Lipinski definition) is 2. The number of nitrogens with one attached hydrogen (secondary N) is 1. The van der Waals surface area contributed by atoms with Gasteiger partial charge in [-0.25, -0.2) is 9.78 Å². The van der Waals surface area contributed by atoms with Gasteiger partial charge in [-0.05, 0) is 45.4 Å². The van der Waals surface area contributed by atoms with Gasteiger partial charge in [0.15, 0.2) is 5.75 Å². The Morgan fingerprint density at radius 3 is 2.95 bits per heavy atom. The van der Waals surface area contributed by atoms with E-state index in [4.69, 9.17) is 15.5 Å². The maximum Gasteiger partial charge on any atom is 0.410 e. The summed E-state index contributed by atoms with van der Waals surface area (Å²) in [7, 11) is 0. The van der Waals surface area contributed by atoms with Gasteiger partial charge in [0.25, 0.3) is 0 Å². The molecule has 0 radical (unpaired) electrons. The van der Waals surface area contributed by atoms with Crippen LogP contribution in [-0.4, -0.2) is 28.7 Å². The quantitative estimate of drug-likeness (QED) is 0.913. The number of nitrogens with two attached hydrogens (primary N) is 1. The van der Waals surface area contributed by atoms with E-state index in [0.29, 0.717) is 17.2 Å². The number of ether oxygens (including phenoxy) is 1. The van der Waals surface area contributed by atoms with Gasteiger partial charge < -0.3 is 20.4 Å². The number of benzene rings is 1. The molecule has 1 aromatic carbocycles. The van der Waals surface area contributed by atoms with Gasteiger partial charge in [-0.15, -0.1) is 0 Å². The first-order valence-electron chi connectivity index (χ1n) is 7.76. The number of carbonyl (C=O) groups is 1. The van der Waals surface area contributed by atoms with E-state index in [1.54, 1.807) is 6.07 Å². The molecule has 0 bridgehead atoms. The molecule has 3 rings (SSSR count). The van der Waals surface area contributed by atoms with Crippen molar-refractivity contribution in [3.63, 3.8) is 0 Å². The molecule has 3 N–H and O–H groups in total. The van der Waals surface area contributed by atoms with Crippen molar-refractivity contribution >= 4 is 17.1 Å². The van der Waals surface area contributed by atoms with Crippen molar-refractivity contribution in [2.24, 2.45) is 5.73 Å². The lowest BCUT2D eigenvalue weighted by Crippen LogP contribution is -2.30. The summed E-state index contributed by atoms with van der Waals surface area (Å²) in [5.41, 5.74) is 6.84. The Morgan fingerprint density at radius 1 is 1.50 bits per heavy atom. The molecule has 1 fully saturated rings. The molecule has 1 aliphatic heterocycles. The molecule has 22 heavy (non-hydrogen) atoms. The molecule has 1 atom stereocenters. The number of aromatic nitrogens is 2. The van der Waals surface area contributed by atoms with Gasteiger partial charge in [0.05, 0.1) is 5.52 Å². The SMILES string of the molecule is CC(C)n1c(C2CCCNC2)nc2c(OC(N)=O)cccc21. The predicted molar refractivity (Wildman–Crippen MR) is 85.2 cm³/mol. The van der Waals surface area contributed by atoms with Gasteiger partial charge in [0, 0.05) is 18.5 Å². The highest BCUT2D eigenvalue weighted by atomic mass is 16.5. The Hall–Kier alpha value is -2.08. The lowest BCUT2D eigenvalue weighted by Gasteiger charge is -2.24. The molecule has 6 heteroatoms. The Balaban J connectivity index is 2.14. The zero-order valence-electron chi connectivity index (χ0n) is 13.0. The third kappa shape index (κ3) is 2.66. The molecule has 1 amide bonds. The van der Waals surface area contributed by atoms with Gasteiger partial charge in [-0.1, -0.05) is 6.07 Å². The van der Waals surface area contributed by atoms with Crippen LogP contribution in [0.1, 0.15) is 44.5 Å². The van der Waals surface area contributed by atoms with Crippen molar-refractivity contribution < 1.29 is 9.53 Å². The van der Waals surface area contributed by atoms with E-state index in [1.165, 1.54) is 0 Å². The molecule has 0 saturated carbocycles. The monoisotopic (exact) mass is 302 g/mol. The predicted octanol–water partition coefficient (Wildman–Crippen LogP) is 2.54. The molecular formula is C16H22N4O2. The first kappa shape index (κ1) is 14.8. The van der Waals surface area contributed by atoms with Crippen LogP contribution in [0.3, 0.4) is 0 Å². The summed E-state index contributed by atoms with van der Waals surface area (Å²) >= 11 is 0. The maximum atomic E-state index is 11.1. The van der Waals surface area contributed by atoms with E-state index in [0.717, 1.165) is 37.3 Å². The lowest BCUT2D eigenvalue weighted by molar-refractivity contribution is 0.211. The number of hydrogen-bond acceptors (Lipinski definition) is 4. The highest BCUT2D eigenvalue weighted by Gasteiger charge is 2.24. The molecule has 118 valence electrons. The fourth-order valence-corrected chi connectivity index (χ4v) is 3.20. The molecule has 2 aromatic rings. The van der Waals surface area contributed by atoms with Gasteiger partial charge in [-0.3, -0.25) is 0 Å². The number of para-hydroxylation sites is 1. The molecule has 1 unspecified atom stereocenters. The van der Waals surface area contributed by atoms with E-state index in [2.05, 4.69) is 23.7 Å². The van der Waals surface area contributed by atoms with Crippen LogP contribution in [0.2, 0.25) is 0 Å². The summed E-state index contributed by atoms with van der Waals surface area (Å²) in [6, 6.07) is 5.89. The molecular weight excluding hydrogens is 280 g/mol. The smallest absolute Gasteiger partial charge is 0.408 e. The number of primary amides is 1. The summed E-state index contributed by atoms with van der Waals surface area (Å²) in [5.74, 6) is 1.86. The Kier molecular flexibility index (Phi) is 4.02. The van der Waals surface area contributed by atoms with Gasteiger partial charge >= 0.3 is 6.09 Å². The Bertz CT molecular complexity index is 687. The molecule has 2 heterocycles. The Morgan fingerprint density at radius 2 is 2.32 bits per heavy atom. The number of rotatable bonds is 3. The van der Waals surface area contributed by atoms with Gasteiger partial charge in [0.1, 0.15) is 11.3 Å². The minimum Gasteiger partial charge on any atom is -0.408 e. The van der Waals surface area contributed by atoms with E-state index in [1.807, 2.05) is 12.1 Å². The highest BCUT2D eigenvalue weighted by Crippen LogP contribution is 2.33. The summed E-state index contributed by atoms with van der Waals surface area (Å²) in [5, 5.41) is 3.43. The van der Waals surface area contributed by atoms with E-state index < -0.39 is 6.09 Å². The summed E-state index contributed by atoms with van der Waals surface area (Å²) in [6.45, 7) is 6.28. The Labute approximate surface area is 129 Å². The maximum absolute atomic E-state index is 11.1. The van der Waals surface area contributed by atoms with Crippen molar-refractivity contribution in [3.8, 4) is 5.75 Å². The third-order valence-electron chi connectivity index (χ3n) is 4.10.